The molecule has 19 heavy (non-hydrogen) atoms. The van der Waals surface area contributed by atoms with Crippen molar-refractivity contribution in [3.8, 4) is 0 Å². The molecule has 1 aromatic carbocycles. The molecule has 2 aromatic rings. The average molecular weight is 263 g/mol. The van der Waals surface area contributed by atoms with E-state index in [1.165, 1.54) is 0 Å². The topological polar surface area (TPSA) is 73.3 Å². The average Bonchev–Trinajstić information content (AvgIpc) is 2.72. The Balaban J connectivity index is 2.30. The first-order valence-electron chi connectivity index (χ1n) is 6.57. The lowest BCUT2D eigenvalue weighted by atomic mass is 10.2. The lowest BCUT2D eigenvalue weighted by Crippen LogP contribution is -2.11. The highest BCUT2D eigenvalue weighted by atomic mass is 16.5. The van der Waals surface area contributed by atoms with E-state index in [-0.39, 0.29) is 6.61 Å². The van der Waals surface area contributed by atoms with Gasteiger partial charge in [-0.2, -0.15) is 0 Å². The zero-order valence-corrected chi connectivity index (χ0v) is 11.5. The third kappa shape index (κ3) is 3.05. The lowest BCUT2D eigenvalue weighted by molar-refractivity contribution is 0.0870. The number of aliphatic hydroxyl groups is 1. The number of imidazole rings is 1. The van der Waals surface area contributed by atoms with Gasteiger partial charge >= 0.3 is 0 Å². The molecule has 0 aliphatic heterocycles. The molecule has 0 saturated heterocycles. The number of aliphatic hydroxyl groups excluding tert-OH is 1. The van der Waals surface area contributed by atoms with Gasteiger partial charge in [-0.05, 0) is 18.2 Å². The number of nitrogens with two attached hydrogens (primary N) is 1. The molecule has 1 heterocycles. The van der Waals surface area contributed by atoms with Crippen molar-refractivity contribution in [2.45, 2.75) is 26.3 Å². The smallest absolute Gasteiger partial charge is 0.112 e. The van der Waals surface area contributed by atoms with Gasteiger partial charge in [-0.1, -0.05) is 13.8 Å². The summed E-state index contributed by atoms with van der Waals surface area (Å²) in [6.45, 7) is 5.96. The highest BCUT2D eigenvalue weighted by Crippen LogP contribution is 2.23. The first-order chi connectivity index (χ1) is 9.13. The summed E-state index contributed by atoms with van der Waals surface area (Å²) in [5, 5.41) is 8.71. The van der Waals surface area contributed by atoms with Crippen molar-refractivity contribution in [2.75, 3.05) is 25.6 Å². The Morgan fingerprint density at radius 2 is 2.16 bits per heavy atom. The number of hydrogen-bond donors (Lipinski definition) is 2. The van der Waals surface area contributed by atoms with Crippen LogP contribution in [0.1, 0.15) is 25.6 Å². The van der Waals surface area contributed by atoms with E-state index in [4.69, 9.17) is 15.6 Å². The number of benzene rings is 1. The molecule has 0 spiro atoms. The fourth-order valence-corrected chi connectivity index (χ4v) is 2.16. The first kappa shape index (κ1) is 13.8. The van der Waals surface area contributed by atoms with E-state index in [1.807, 2.05) is 18.2 Å². The second kappa shape index (κ2) is 6.04. The second-order valence-corrected chi connectivity index (χ2v) is 4.86. The van der Waals surface area contributed by atoms with Crippen LogP contribution in [-0.2, 0) is 11.3 Å². The fraction of sp³-hybridized carbons (Fsp3) is 0.500. The van der Waals surface area contributed by atoms with Gasteiger partial charge in [0.25, 0.3) is 0 Å². The van der Waals surface area contributed by atoms with E-state index in [1.54, 1.807) is 0 Å². The van der Waals surface area contributed by atoms with Crippen LogP contribution in [0.15, 0.2) is 18.2 Å². The van der Waals surface area contributed by atoms with Crippen molar-refractivity contribution >= 4 is 16.7 Å². The van der Waals surface area contributed by atoms with Gasteiger partial charge < -0.3 is 20.1 Å². The number of anilines is 1. The molecule has 2 rings (SSSR count). The third-order valence-electron chi connectivity index (χ3n) is 3.01. The summed E-state index contributed by atoms with van der Waals surface area (Å²) < 4.78 is 7.50. The minimum Gasteiger partial charge on any atom is -0.399 e. The number of hydrogen-bond acceptors (Lipinski definition) is 4. The van der Waals surface area contributed by atoms with Gasteiger partial charge in [0.1, 0.15) is 5.82 Å². The molecule has 0 fully saturated rings. The largest absolute Gasteiger partial charge is 0.399 e. The molecule has 104 valence electrons. The number of nitrogens with zero attached hydrogens (tertiary/aromatic N) is 2. The predicted molar refractivity (Wildman–Crippen MR) is 76.1 cm³/mol. The van der Waals surface area contributed by atoms with Crippen LogP contribution in [0.2, 0.25) is 0 Å². The van der Waals surface area contributed by atoms with Crippen LogP contribution in [0, 0.1) is 0 Å². The van der Waals surface area contributed by atoms with Crippen molar-refractivity contribution in [2.24, 2.45) is 0 Å². The van der Waals surface area contributed by atoms with E-state index in [9.17, 15) is 0 Å². The fourth-order valence-electron chi connectivity index (χ4n) is 2.16. The number of aromatic nitrogens is 2. The van der Waals surface area contributed by atoms with Gasteiger partial charge in [-0.25, -0.2) is 4.98 Å². The Labute approximate surface area is 113 Å². The van der Waals surface area contributed by atoms with Gasteiger partial charge in [0.05, 0.1) is 30.9 Å². The SMILES string of the molecule is CC(C)c1nc2cc(N)ccc2n1CCOCCO. The highest BCUT2D eigenvalue weighted by Gasteiger charge is 2.13. The molecule has 0 aliphatic carbocycles. The third-order valence-corrected chi connectivity index (χ3v) is 3.01. The molecule has 0 radical (unpaired) electrons. The molecule has 1 aromatic heterocycles. The first-order valence-corrected chi connectivity index (χ1v) is 6.57. The normalized spacial score (nSPS) is 11.6. The summed E-state index contributed by atoms with van der Waals surface area (Å²) in [6.07, 6.45) is 0. The van der Waals surface area contributed by atoms with Gasteiger partial charge in [0.2, 0.25) is 0 Å². The lowest BCUT2D eigenvalue weighted by Gasteiger charge is -2.11. The molecule has 0 unspecified atom stereocenters. The minimum atomic E-state index is 0.0538. The van der Waals surface area contributed by atoms with Crippen LogP contribution in [0.3, 0.4) is 0 Å². The maximum atomic E-state index is 8.71. The number of ether oxygens (including phenoxy) is 1. The zero-order valence-electron chi connectivity index (χ0n) is 11.5. The van der Waals surface area contributed by atoms with E-state index in [0.717, 1.165) is 29.1 Å². The maximum Gasteiger partial charge on any atom is 0.112 e. The van der Waals surface area contributed by atoms with Crippen molar-refractivity contribution in [3.05, 3.63) is 24.0 Å². The molecule has 0 amide bonds. The Morgan fingerprint density at radius 3 is 2.84 bits per heavy atom. The van der Waals surface area contributed by atoms with Crippen molar-refractivity contribution in [3.63, 3.8) is 0 Å². The molecule has 3 N–H and O–H groups in total. The molecule has 5 heteroatoms. The summed E-state index contributed by atoms with van der Waals surface area (Å²) in [5.74, 6) is 1.37. The zero-order chi connectivity index (χ0) is 13.8. The van der Waals surface area contributed by atoms with E-state index in [0.29, 0.717) is 19.1 Å². The molecule has 0 bridgehead atoms. The minimum absolute atomic E-state index is 0.0538. The summed E-state index contributed by atoms with van der Waals surface area (Å²) in [6, 6.07) is 5.78. The van der Waals surface area contributed by atoms with E-state index < -0.39 is 0 Å². The van der Waals surface area contributed by atoms with Crippen LogP contribution >= 0.6 is 0 Å². The number of rotatable bonds is 6. The summed E-state index contributed by atoms with van der Waals surface area (Å²) >= 11 is 0. The molecule has 0 atom stereocenters. The highest BCUT2D eigenvalue weighted by molar-refractivity contribution is 5.79. The Hall–Kier alpha value is -1.59. The van der Waals surface area contributed by atoms with Crippen molar-refractivity contribution < 1.29 is 9.84 Å². The summed E-state index contributed by atoms with van der Waals surface area (Å²) in [4.78, 5) is 4.65. The van der Waals surface area contributed by atoms with Gasteiger partial charge in [0.15, 0.2) is 0 Å². The quantitative estimate of drug-likeness (QED) is 0.615. The van der Waals surface area contributed by atoms with E-state index >= 15 is 0 Å². The number of fused-ring (bicyclic) bond motifs is 1. The van der Waals surface area contributed by atoms with Crippen LogP contribution < -0.4 is 5.73 Å². The van der Waals surface area contributed by atoms with Crippen molar-refractivity contribution in [1.82, 2.24) is 9.55 Å². The van der Waals surface area contributed by atoms with Gasteiger partial charge in [-0.3, -0.25) is 0 Å². The molecular formula is C14H21N3O2. The molecule has 5 nitrogen and oxygen atoms in total. The van der Waals surface area contributed by atoms with Crippen molar-refractivity contribution in [1.29, 1.82) is 0 Å². The monoisotopic (exact) mass is 263 g/mol. The molecular weight excluding hydrogens is 242 g/mol. The Bertz CT molecular complexity index is 549. The summed E-state index contributed by atoms with van der Waals surface area (Å²) in [7, 11) is 0. The van der Waals surface area contributed by atoms with Crippen LogP contribution in [0.5, 0.6) is 0 Å². The van der Waals surface area contributed by atoms with Gasteiger partial charge in [-0.15, -0.1) is 0 Å². The summed E-state index contributed by atoms with van der Waals surface area (Å²) in [5.41, 5.74) is 8.52. The maximum absolute atomic E-state index is 8.71. The number of nitrogen functional groups attached to an aromatic ring is 1. The second-order valence-electron chi connectivity index (χ2n) is 4.86. The van der Waals surface area contributed by atoms with Gasteiger partial charge in [0, 0.05) is 18.2 Å². The van der Waals surface area contributed by atoms with Crippen LogP contribution in [-0.4, -0.2) is 34.5 Å². The van der Waals surface area contributed by atoms with Crippen LogP contribution in [0.4, 0.5) is 5.69 Å². The molecule has 0 aliphatic rings. The van der Waals surface area contributed by atoms with E-state index in [2.05, 4.69) is 23.4 Å². The Morgan fingerprint density at radius 1 is 1.37 bits per heavy atom. The standard InChI is InChI=1S/C14H21N3O2/c1-10(2)14-16-12-9-11(15)3-4-13(12)17(14)5-7-19-8-6-18/h3-4,9-10,18H,5-8,15H2,1-2H3. The molecule has 0 saturated carbocycles. The van der Waals surface area contributed by atoms with Crippen LogP contribution in [0.25, 0.3) is 11.0 Å². The predicted octanol–water partition coefficient (Wildman–Crippen LogP) is 1.75. The Kier molecular flexibility index (Phi) is 4.39.